The minimum Gasteiger partial charge on any atom is -0.478 e. The van der Waals surface area contributed by atoms with Gasteiger partial charge in [0.15, 0.2) is 5.13 Å². The fourth-order valence-electron chi connectivity index (χ4n) is 3.56. The standard InChI is InChI=1S/C23H19N3O5S/c27-20(28)10-5-11-24-21(29)19-13-32-22(25-19)26-23(30)31-12-18-16-8-3-1-6-14(16)15-7-2-4-9-17(15)18/h1-10,13,18H,11-12H2,(H,24,29)(H,27,28)(H,25,26,30)/b10-5+. The Labute approximate surface area is 187 Å². The molecule has 0 fully saturated rings. The van der Waals surface area contributed by atoms with Crippen molar-refractivity contribution in [3.63, 3.8) is 0 Å². The first-order chi connectivity index (χ1) is 15.5. The third kappa shape index (κ3) is 4.68. The van der Waals surface area contributed by atoms with Gasteiger partial charge in [-0.15, -0.1) is 11.3 Å². The summed E-state index contributed by atoms with van der Waals surface area (Å²) < 4.78 is 5.47. The largest absolute Gasteiger partial charge is 0.478 e. The van der Waals surface area contributed by atoms with Gasteiger partial charge in [-0.3, -0.25) is 10.1 Å². The van der Waals surface area contributed by atoms with Crippen LogP contribution in [0.25, 0.3) is 11.1 Å². The molecule has 3 N–H and O–H groups in total. The topological polar surface area (TPSA) is 118 Å². The number of fused-ring (bicyclic) bond motifs is 3. The lowest BCUT2D eigenvalue weighted by molar-refractivity contribution is -0.131. The lowest BCUT2D eigenvalue weighted by Crippen LogP contribution is -2.24. The van der Waals surface area contributed by atoms with Gasteiger partial charge in [0.25, 0.3) is 5.91 Å². The Morgan fingerprint density at radius 1 is 1.06 bits per heavy atom. The van der Waals surface area contributed by atoms with Gasteiger partial charge in [-0.1, -0.05) is 54.6 Å². The average molecular weight is 449 g/mol. The van der Waals surface area contributed by atoms with Gasteiger partial charge in [-0.25, -0.2) is 14.6 Å². The van der Waals surface area contributed by atoms with Gasteiger partial charge in [0.2, 0.25) is 0 Å². The molecule has 1 aromatic heterocycles. The molecule has 1 heterocycles. The van der Waals surface area contributed by atoms with E-state index in [1.807, 2.05) is 36.4 Å². The number of aliphatic carboxylic acids is 1. The van der Waals surface area contributed by atoms with Gasteiger partial charge >= 0.3 is 12.1 Å². The zero-order chi connectivity index (χ0) is 22.5. The van der Waals surface area contributed by atoms with Crippen molar-refractivity contribution in [2.75, 3.05) is 18.5 Å². The van der Waals surface area contributed by atoms with Crippen molar-refractivity contribution in [1.29, 1.82) is 0 Å². The number of nitrogens with one attached hydrogen (secondary N) is 2. The molecule has 3 aromatic rings. The molecule has 1 aliphatic carbocycles. The van der Waals surface area contributed by atoms with Crippen molar-refractivity contribution in [3.05, 3.63) is 82.9 Å². The van der Waals surface area contributed by atoms with Crippen LogP contribution in [0.4, 0.5) is 9.93 Å². The van der Waals surface area contributed by atoms with E-state index in [9.17, 15) is 14.4 Å². The van der Waals surface area contributed by atoms with Crippen molar-refractivity contribution in [2.24, 2.45) is 0 Å². The van der Waals surface area contributed by atoms with Crippen molar-refractivity contribution in [2.45, 2.75) is 5.92 Å². The molecule has 162 valence electrons. The second kappa shape index (κ2) is 9.44. The van der Waals surface area contributed by atoms with Crippen molar-refractivity contribution in [1.82, 2.24) is 10.3 Å². The van der Waals surface area contributed by atoms with Crippen LogP contribution >= 0.6 is 11.3 Å². The molecule has 0 saturated heterocycles. The molecular formula is C23H19N3O5S. The summed E-state index contributed by atoms with van der Waals surface area (Å²) in [6.45, 7) is 0.228. The number of ether oxygens (including phenoxy) is 1. The number of anilines is 1. The molecule has 0 saturated carbocycles. The smallest absolute Gasteiger partial charge is 0.413 e. The van der Waals surface area contributed by atoms with Gasteiger partial charge in [-0.2, -0.15) is 0 Å². The van der Waals surface area contributed by atoms with Crippen LogP contribution in [0.15, 0.2) is 66.1 Å². The highest BCUT2D eigenvalue weighted by atomic mass is 32.1. The Morgan fingerprint density at radius 2 is 1.72 bits per heavy atom. The highest BCUT2D eigenvalue weighted by Crippen LogP contribution is 2.44. The van der Waals surface area contributed by atoms with Gasteiger partial charge in [0, 0.05) is 23.9 Å². The van der Waals surface area contributed by atoms with E-state index in [0.717, 1.165) is 39.7 Å². The molecule has 8 nitrogen and oxygen atoms in total. The van der Waals surface area contributed by atoms with E-state index in [1.54, 1.807) is 0 Å². The van der Waals surface area contributed by atoms with Gasteiger partial charge in [-0.05, 0) is 22.3 Å². The Kier molecular flexibility index (Phi) is 6.27. The number of hydrogen-bond donors (Lipinski definition) is 3. The SMILES string of the molecule is O=C(O)/C=C/CNC(=O)c1csc(NC(=O)OCC2c3ccccc3-c3ccccc32)n1. The fraction of sp³-hybridized carbons (Fsp3) is 0.130. The Balaban J connectivity index is 1.33. The number of hydrogen-bond acceptors (Lipinski definition) is 6. The monoisotopic (exact) mass is 449 g/mol. The molecule has 0 unspecified atom stereocenters. The average Bonchev–Trinajstić information content (AvgIpc) is 3.38. The van der Waals surface area contributed by atoms with Crippen LogP contribution in [0.2, 0.25) is 0 Å². The molecule has 1 aliphatic rings. The number of carbonyl (C=O) groups is 3. The van der Waals surface area contributed by atoms with Crippen LogP contribution in [0.1, 0.15) is 27.5 Å². The maximum Gasteiger partial charge on any atom is 0.413 e. The van der Waals surface area contributed by atoms with E-state index in [2.05, 4.69) is 27.8 Å². The number of carbonyl (C=O) groups excluding carboxylic acids is 2. The van der Waals surface area contributed by atoms with E-state index in [1.165, 1.54) is 11.5 Å². The minimum atomic E-state index is -1.09. The molecular weight excluding hydrogens is 430 g/mol. The summed E-state index contributed by atoms with van der Waals surface area (Å²) >= 11 is 1.09. The van der Waals surface area contributed by atoms with Crippen LogP contribution in [-0.4, -0.2) is 41.2 Å². The zero-order valence-electron chi connectivity index (χ0n) is 16.8. The van der Waals surface area contributed by atoms with Crippen LogP contribution in [-0.2, 0) is 9.53 Å². The molecule has 0 bridgehead atoms. The highest BCUT2D eigenvalue weighted by molar-refractivity contribution is 7.14. The fourth-order valence-corrected chi connectivity index (χ4v) is 4.24. The predicted octanol–water partition coefficient (Wildman–Crippen LogP) is 3.87. The summed E-state index contributed by atoms with van der Waals surface area (Å²) in [6.07, 6.45) is 1.59. The molecule has 4 rings (SSSR count). The van der Waals surface area contributed by atoms with E-state index in [0.29, 0.717) is 0 Å². The first-order valence-electron chi connectivity index (χ1n) is 9.78. The summed E-state index contributed by atoms with van der Waals surface area (Å²) in [5.41, 5.74) is 4.64. The first-order valence-corrected chi connectivity index (χ1v) is 10.7. The number of amides is 2. The van der Waals surface area contributed by atoms with Crippen LogP contribution < -0.4 is 10.6 Å². The van der Waals surface area contributed by atoms with E-state index in [4.69, 9.17) is 9.84 Å². The molecule has 32 heavy (non-hydrogen) atoms. The highest BCUT2D eigenvalue weighted by Gasteiger charge is 2.29. The Morgan fingerprint density at radius 3 is 2.38 bits per heavy atom. The second-order valence-corrected chi connectivity index (χ2v) is 7.80. The summed E-state index contributed by atoms with van der Waals surface area (Å²) in [7, 11) is 0. The number of aromatic nitrogens is 1. The van der Waals surface area contributed by atoms with Crippen molar-refractivity contribution in [3.8, 4) is 11.1 Å². The summed E-state index contributed by atoms with van der Waals surface area (Å²) in [6, 6.07) is 16.1. The number of carboxylic acid groups (broad SMARTS) is 1. The first kappa shape index (κ1) is 21.3. The third-order valence-corrected chi connectivity index (χ3v) is 5.69. The lowest BCUT2D eigenvalue weighted by Gasteiger charge is -2.14. The number of nitrogens with zero attached hydrogens (tertiary/aromatic N) is 1. The molecule has 0 radical (unpaired) electrons. The van der Waals surface area contributed by atoms with E-state index in [-0.39, 0.29) is 29.9 Å². The maximum absolute atomic E-state index is 12.3. The van der Waals surface area contributed by atoms with Gasteiger partial charge in [0.05, 0.1) is 0 Å². The second-order valence-electron chi connectivity index (χ2n) is 6.94. The molecule has 0 spiro atoms. The predicted molar refractivity (Wildman–Crippen MR) is 120 cm³/mol. The van der Waals surface area contributed by atoms with Crippen LogP contribution in [0.5, 0.6) is 0 Å². The molecule has 9 heteroatoms. The van der Waals surface area contributed by atoms with Gasteiger partial charge in [0.1, 0.15) is 12.3 Å². The molecule has 2 amide bonds. The summed E-state index contributed by atoms with van der Waals surface area (Å²) in [4.78, 5) is 38.8. The van der Waals surface area contributed by atoms with E-state index < -0.39 is 18.0 Å². The molecule has 2 aromatic carbocycles. The summed E-state index contributed by atoms with van der Waals surface area (Å²) in [5.74, 6) is -1.62. The van der Waals surface area contributed by atoms with Crippen molar-refractivity contribution >= 4 is 34.4 Å². The lowest BCUT2D eigenvalue weighted by atomic mass is 9.98. The molecule has 0 aliphatic heterocycles. The van der Waals surface area contributed by atoms with E-state index >= 15 is 0 Å². The normalized spacial score (nSPS) is 12.2. The number of carboxylic acids is 1. The van der Waals surface area contributed by atoms with Crippen LogP contribution in [0.3, 0.4) is 0 Å². The Hall–Kier alpha value is -3.98. The summed E-state index contributed by atoms with van der Waals surface area (Å²) in [5, 5.41) is 15.3. The maximum atomic E-state index is 12.3. The zero-order valence-corrected chi connectivity index (χ0v) is 17.6. The van der Waals surface area contributed by atoms with Crippen LogP contribution in [0, 0.1) is 0 Å². The quantitative estimate of drug-likeness (QED) is 0.471. The Bertz CT molecular complexity index is 1160. The number of benzene rings is 2. The third-order valence-electron chi connectivity index (χ3n) is 4.93. The van der Waals surface area contributed by atoms with Gasteiger partial charge < -0.3 is 15.2 Å². The number of thiazole rings is 1. The van der Waals surface area contributed by atoms with Crippen molar-refractivity contribution < 1.29 is 24.2 Å². The number of rotatable bonds is 7. The minimum absolute atomic E-state index is 0.0513. The molecule has 0 atom stereocenters.